The number of aryl methyl sites for hydroxylation is 1. The van der Waals surface area contributed by atoms with Crippen molar-refractivity contribution in [1.82, 2.24) is 14.6 Å². The lowest BCUT2D eigenvalue weighted by molar-refractivity contribution is 0.460. The van der Waals surface area contributed by atoms with Crippen LogP contribution in [-0.4, -0.2) is 14.6 Å². The molecule has 1 fully saturated rings. The highest BCUT2D eigenvalue weighted by Gasteiger charge is 2.43. The Morgan fingerprint density at radius 1 is 1.47 bits per heavy atom. The number of rotatable bonds is 2. The molecular weight excluding hydrogens is 212 g/mol. The van der Waals surface area contributed by atoms with Crippen molar-refractivity contribution >= 4 is 11.5 Å². The quantitative estimate of drug-likeness (QED) is 0.862. The van der Waals surface area contributed by atoms with Crippen LogP contribution in [0.2, 0.25) is 0 Å². The first-order valence-electron chi connectivity index (χ1n) is 6.12. The maximum atomic E-state index is 6.03. The van der Waals surface area contributed by atoms with Gasteiger partial charge in [0.15, 0.2) is 5.65 Å². The third kappa shape index (κ3) is 1.51. The van der Waals surface area contributed by atoms with Crippen LogP contribution in [0.3, 0.4) is 0 Å². The fourth-order valence-corrected chi connectivity index (χ4v) is 2.32. The van der Waals surface area contributed by atoms with Crippen LogP contribution in [0.5, 0.6) is 0 Å². The molecule has 1 aliphatic rings. The van der Waals surface area contributed by atoms with Crippen molar-refractivity contribution in [2.75, 3.05) is 5.73 Å². The maximum absolute atomic E-state index is 6.03. The minimum Gasteiger partial charge on any atom is -0.384 e. The Morgan fingerprint density at radius 2 is 2.18 bits per heavy atom. The molecule has 0 unspecified atom stereocenters. The molecule has 0 bridgehead atoms. The van der Waals surface area contributed by atoms with Gasteiger partial charge >= 0.3 is 0 Å². The van der Waals surface area contributed by atoms with Crippen LogP contribution in [-0.2, 0) is 0 Å². The van der Waals surface area contributed by atoms with Crippen LogP contribution in [0.25, 0.3) is 5.65 Å². The van der Waals surface area contributed by atoms with Crippen molar-refractivity contribution in [3.63, 3.8) is 0 Å². The Hall–Kier alpha value is -1.58. The number of nitrogens with zero attached hydrogens (tertiary/aromatic N) is 3. The molecule has 1 saturated carbocycles. The number of nitrogens with two attached hydrogens (primary N) is 1. The van der Waals surface area contributed by atoms with Crippen LogP contribution < -0.4 is 5.73 Å². The summed E-state index contributed by atoms with van der Waals surface area (Å²) in [6.45, 7) is 6.59. The average Bonchev–Trinajstić information content (AvgIpc) is 2.94. The van der Waals surface area contributed by atoms with E-state index in [-0.39, 0.29) is 0 Å². The fraction of sp³-hybridized carbons (Fsp3) is 0.538. The number of hydrogen-bond acceptors (Lipinski definition) is 3. The molecule has 3 rings (SSSR count). The van der Waals surface area contributed by atoms with Gasteiger partial charge < -0.3 is 5.73 Å². The summed E-state index contributed by atoms with van der Waals surface area (Å²) in [5.41, 5.74) is 9.51. The zero-order chi connectivity index (χ0) is 12.2. The summed E-state index contributed by atoms with van der Waals surface area (Å²) in [5, 5.41) is 4.23. The van der Waals surface area contributed by atoms with E-state index < -0.39 is 0 Å². The summed E-state index contributed by atoms with van der Waals surface area (Å²) in [6.07, 6.45) is 4.39. The van der Waals surface area contributed by atoms with Gasteiger partial charge in [0.25, 0.3) is 0 Å². The van der Waals surface area contributed by atoms with E-state index in [0.29, 0.717) is 17.2 Å². The second kappa shape index (κ2) is 3.22. The van der Waals surface area contributed by atoms with E-state index in [1.807, 2.05) is 19.2 Å². The Balaban J connectivity index is 2.14. The van der Waals surface area contributed by atoms with Crippen LogP contribution in [0.1, 0.15) is 43.9 Å². The Morgan fingerprint density at radius 3 is 2.82 bits per heavy atom. The van der Waals surface area contributed by atoms with Gasteiger partial charge in [0.2, 0.25) is 0 Å². The molecule has 0 saturated heterocycles. The van der Waals surface area contributed by atoms with E-state index in [4.69, 9.17) is 10.7 Å². The van der Waals surface area contributed by atoms with E-state index in [1.54, 1.807) is 4.52 Å². The SMILES string of the molecule is Cc1cnn2c(N)cc([C@H](C)C3(C)CC3)nc12. The smallest absolute Gasteiger partial charge is 0.160 e. The predicted octanol–water partition coefficient (Wildman–Crippen LogP) is 2.52. The van der Waals surface area contributed by atoms with E-state index in [2.05, 4.69) is 18.9 Å². The molecule has 0 spiro atoms. The molecule has 1 atom stereocenters. The minimum atomic E-state index is 0.422. The molecule has 0 radical (unpaired) electrons. The van der Waals surface area contributed by atoms with Crippen molar-refractivity contribution in [2.45, 2.75) is 39.5 Å². The highest BCUT2D eigenvalue weighted by Crippen LogP contribution is 2.55. The molecule has 2 aromatic rings. The predicted molar refractivity (Wildman–Crippen MR) is 67.9 cm³/mol. The average molecular weight is 230 g/mol. The third-order valence-corrected chi connectivity index (χ3v) is 4.22. The van der Waals surface area contributed by atoms with Gasteiger partial charge in [0, 0.05) is 23.2 Å². The molecule has 2 N–H and O–H groups in total. The zero-order valence-electron chi connectivity index (χ0n) is 10.6. The van der Waals surface area contributed by atoms with Gasteiger partial charge in [-0.1, -0.05) is 13.8 Å². The molecule has 4 heteroatoms. The summed E-state index contributed by atoms with van der Waals surface area (Å²) < 4.78 is 1.71. The minimum absolute atomic E-state index is 0.422. The molecular formula is C13H18N4. The molecule has 0 amide bonds. The van der Waals surface area contributed by atoms with Crippen molar-refractivity contribution in [3.05, 3.63) is 23.5 Å². The molecule has 0 aliphatic heterocycles. The van der Waals surface area contributed by atoms with Gasteiger partial charge in [0.05, 0.1) is 6.20 Å². The normalized spacial score (nSPS) is 19.5. The molecule has 4 nitrogen and oxygen atoms in total. The first-order chi connectivity index (χ1) is 8.01. The standard InChI is InChI=1S/C13H18N4/c1-8-7-15-17-11(14)6-10(16-12(8)17)9(2)13(3)4-5-13/h6-7,9H,4-5,14H2,1-3H3/t9-/m0/s1. The lowest BCUT2D eigenvalue weighted by Gasteiger charge is -2.18. The van der Waals surface area contributed by atoms with E-state index in [9.17, 15) is 0 Å². The van der Waals surface area contributed by atoms with Crippen LogP contribution in [0.4, 0.5) is 5.82 Å². The first kappa shape index (κ1) is 10.6. The van der Waals surface area contributed by atoms with Gasteiger partial charge in [-0.15, -0.1) is 0 Å². The van der Waals surface area contributed by atoms with Gasteiger partial charge in [0.1, 0.15) is 5.82 Å². The summed E-state index contributed by atoms with van der Waals surface area (Å²) in [4.78, 5) is 4.72. The van der Waals surface area contributed by atoms with Crippen molar-refractivity contribution in [3.8, 4) is 0 Å². The van der Waals surface area contributed by atoms with Gasteiger partial charge in [-0.2, -0.15) is 9.61 Å². The van der Waals surface area contributed by atoms with Crippen molar-refractivity contribution in [1.29, 1.82) is 0 Å². The largest absolute Gasteiger partial charge is 0.384 e. The summed E-state index contributed by atoms with van der Waals surface area (Å²) in [6, 6.07) is 1.97. The van der Waals surface area contributed by atoms with Crippen LogP contribution >= 0.6 is 0 Å². The Bertz CT molecular complexity index is 580. The highest BCUT2D eigenvalue weighted by atomic mass is 15.3. The summed E-state index contributed by atoms with van der Waals surface area (Å²) >= 11 is 0. The molecule has 2 heterocycles. The number of hydrogen-bond donors (Lipinski definition) is 1. The lowest BCUT2D eigenvalue weighted by atomic mass is 9.89. The van der Waals surface area contributed by atoms with Crippen LogP contribution in [0.15, 0.2) is 12.3 Å². The number of fused-ring (bicyclic) bond motifs is 1. The lowest BCUT2D eigenvalue weighted by Crippen LogP contribution is -2.11. The third-order valence-electron chi connectivity index (χ3n) is 4.22. The number of nitrogen functional groups attached to an aromatic ring is 1. The summed E-state index contributed by atoms with van der Waals surface area (Å²) in [5.74, 6) is 1.14. The second-order valence-corrected chi connectivity index (χ2v) is 5.54. The summed E-state index contributed by atoms with van der Waals surface area (Å²) in [7, 11) is 0. The molecule has 90 valence electrons. The fourth-order valence-electron chi connectivity index (χ4n) is 2.32. The van der Waals surface area contributed by atoms with Gasteiger partial charge in [-0.05, 0) is 25.2 Å². The van der Waals surface area contributed by atoms with Crippen molar-refractivity contribution < 1.29 is 0 Å². The molecule has 0 aromatic carbocycles. The monoisotopic (exact) mass is 230 g/mol. The van der Waals surface area contributed by atoms with Gasteiger partial charge in [-0.25, -0.2) is 4.98 Å². The van der Waals surface area contributed by atoms with E-state index >= 15 is 0 Å². The van der Waals surface area contributed by atoms with Crippen LogP contribution in [0, 0.1) is 12.3 Å². The first-order valence-corrected chi connectivity index (χ1v) is 6.12. The topological polar surface area (TPSA) is 56.2 Å². The Labute approximate surface area is 101 Å². The number of aromatic nitrogens is 3. The van der Waals surface area contributed by atoms with Gasteiger partial charge in [-0.3, -0.25) is 0 Å². The molecule has 17 heavy (non-hydrogen) atoms. The van der Waals surface area contributed by atoms with E-state index in [1.165, 1.54) is 12.8 Å². The molecule has 1 aliphatic carbocycles. The zero-order valence-corrected chi connectivity index (χ0v) is 10.6. The Kier molecular flexibility index (Phi) is 2.00. The van der Waals surface area contributed by atoms with E-state index in [0.717, 1.165) is 16.9 Å². The number of anilines is 1. The van der Waals surface area contributed by atoms with Crippen molar-refractivity contribution in [2.24, 2.45) is 5.41 Å². The maximum Gasteiger partial charge on any atom is 0.160 e. The molecule has 2 aromatic heterocycles. The second-order valence-electron chi connectivity index (χ2n) is 5.54. The highest BCUT2D eigenvalue weighted by molar-refractivity contribution is 5.52.